The maximum Gasteiger partial charge on any atom is 0.410 e. The number of amides is 1. The first-order valence-corrected chi connectivity index (χ1v) is 16.4. The summed E-state index contributed by atoms with van der Waals surface area (Å²) in [7, 11) is 4.11. The molecule has 0 aromatic carbocycles. The van der Waals surface area contributed by atoms with Crippen LogP contribution in [-0.4, -0.2) is 96.5 Å². The van der Waals surface area contributed by atoms with Gasteiger partial charge in [-0.3, -0.25) is 0 Å². The number of likely N-dealkylation sites (N-methyl/N-ethyl adjacent to an activating group) is 1. The summed E-state index contributed by atoms with van der Waals surface area (Å²) in [5, 5.41) is 15.7. The third-order valence-electron chi connectivity index (χ3n) is 7.17. The molecule has 1 unspecified atom stereocenters. The molecule has 4 rings (SSSR count). The molecule has 12 heteroatoms. The highest BCUT2D eigenvalue weighted by atomic mass is 16.6. The number of ether oxygens (including phenoxy) is 2. The molecule has 2 aromatic heterocycles. The van der Waals surface area contributed by atoms with E-state index in [0.29, 0.717) is 24.1 Å². The maximum absolute atomic E-state index is 12.5. The van der Waals surface area contributed by atoms with Crippen LogP contribution in [0.5, 0.6) is 0 Å². The quantitative estimate of drug-likeness (QED) is 0.339. The van der Waals surface area contributed by atoms with Gasteiger partial charge < -0.3 is 34.8 Å². The van der Waals surface area contributed by atoms with Gasteiger partial charge in [0, 0.05) is 45.8 Å². The number of morpholine rings is 1. The van der Waals surface area contributed by atoms with Gasteiger partial charge in [-0.15, -0.1) is 0 Å². The van der Waals surface area contributed by atoms with Gasteiger partial charge in [0.05, 0.1) is 43.2 Å². The molecule has 2 N–H and O–H groups in total. The number of nitriles is 1. The largest absolute Gasteiger partial charge is 0.444 e. The van der Waals surface area contributed by atoms with Crippen molar-refractivity contribution in [2.45, 2.75) is 72.8 Å². The molecule has 1 atom stereocenters. The average Bonchev–Trinajstić information content (AvgIpc) is 3.30. The van der Waals surface area contributed by atoms with Gasteiger partial charge in [-0.25, -0.2) is 19.7 Å². The van der Waals surface area contributed by atoms with Gasteiger partial charge in [0.1, 0.15) is 23.3 Å². The zero-order chi connectivity index (χ0) is 34.0. The summed E-state index contributed by atoms with van der Waals surface area (Å²) in [6, 6.07) is 3.92. The third kappa shape index (κ3) is 14.0. The second kappa shape index (κ2) is 20.2. The molecule has 0 aliphatic carbocycles. The fourth-order valence-corrected chi connectivity index (χ4v) is 4.65. The molecule has 0 saturated carbocycles. The number of hydrogen-bond acceptors (Lipinski definition) is 11. The molecule has 2 aliphatic rings. The van der Waals surface area contributed by atoms with Crippen LogP contribution in [-0.2, 0) is 9.47 Å². The van der Waals surface area contributed by atoms with E-state index in [9.17, 15) is 4.79 Å². The minimum atomic E-state index is -0.491. The number of rotatable bonds is 8. The normalized spacial score (nSPS) is 16.9. The molecule has 12 nitrogen and oxygen atoms in total. The second-order valence-corrected chi connectivity index (χ2v) is 12.1. The van der Waals surface area contributed by atoms with Crippen molar-refractivity contribution in [2.24, 2.45) is 5.92 Å². The number of pyridine rings is 1. The van der Waals surface area contributed by atoms with Crippen molar-refractivity contribution in [3.63, 3.8) is 0 Å². The van der Waals surface area contributed by atoms with Gasteiger partial charge in [0.15, 0.2) is 5.69 Å². The Balaban J connectivity index is 0.000000711. The number of anilines is 4. The number of carbonyl (C=O) groups excluding carboxylic acids is 1. The van der Waals surface area contributed by atoms with E-state index in [1.54, 1.807) is 0 Å². The molecule has 2 aromatic rings. The van der Waals surface area contributed by atoms with Crippen molar-refractivity contribution in [3.8, 4) is 6.07 Å². The van der Waals surface area contributed by atoms with E-state index in [1.165, 1.54) is 12.4 Å². The number of aromatic nitrogens is 3. The van der Waals surface area contributed by atoms with E-state index in [2.05, 4.69) is 50.5 Å². The van der Waals surface area contributed by atoms with Crippen LogP contribution in [0.15, 0.2) is 36.9 Å². The Labute approximate surface area is 276 Å². The van der Waals surface area contributed by atoms with Gasteiger partial charge in [0.25, 0.3) is 0 Å². The van der Waals surface area contributed by atoms with Crippen LogP contribution in [0.2, 0.25) is 0 Å². The number of nitrogens with one attached hydrogen (secondary N) is 2. The summed E-state index contributed by atoms with van der Waals surface area (Å²) in [5.41, 5.74) is 1.66. The van der Waals surface area contributed by atoms with E-state index in [0.717, 1.165) is 76.5 Å². The van der Waals surface area contributed by atoms with Crippen LogP contribution >= 0.6 is 0 Å². The SMILES string of the molecule is CC.CC/C=C\N(C)c1cnc(Nc2cnc(C#N)cn2)cc1NCC1CCCN(C(=O)OC(C)(C)C)CC1.CN1CCOCC1. The number of nitrogens with zero attached hydrogens (tertiary/aromatic N) is 7. The molecule has 2 fully saturated rings. The topological polar surface area (TPSA) is 132 Å². The lowest BCUT2D eigenvalue weighted by Crippen LogP contribution is -2.37. The molecule has 4 heterocycles. The Hall–Kier alpha value is -3.95. The Bertz CT molecular complexity index is 1240. The molecule has 0 radical (unpaired) electrons. The fraction of sp³-hybridized carbons (Fsp3) is 0.618. The van der Waals surface area contributed by atoms with Crippen molar-refractivity contribution in [2.75, 3.05) is 75.6 Å². The number of likely N-dealkylation sites (tertiary alicyclic amines) is 1. The zero-order valence-corrected chi connectivity index (χ0v) is 29.2. The Morgan fingerprint density at radius 3 is 2.41 bits per heavy atom. The number of hydrogen-bond donors (Lipinski definition) is 2. The van der Waals surface area contributed by atoms with E-state index in [4.69, 9.17) is 14.7 Å². The van der Waals surface area contributed by atoms with E-state index < -0.39 is 5.60 Å². The minimum Gasteiger partial charge on any atom is -0.444 e. The molecule has 2 aliphatic heterocycles. The molecule has 0 spiro atoms. The summed E-state index contributed by atoms with van der Waals surface area (Å²) < 4.78 is 10.7. The summed E-state index contributed by atoms with van der Waals surface area (Å²) in [5.74, 6) is 1.55. The first-order chi connectivity index (χ1) is 22.1. The van der Waals surface area contributed by atoms with Crippen molar-refractivity contribution >= 4 is 29.1 Å². The highest BCUT2D eigenvalue weighted by Crippen LogP contribution is 2.29. The van der Waals surface area contributed by atoms with Gasteiger partial charge in [0.2, 0.25) is 0 Å². The van der Waals surface area contributed by atoms with E-state index in [-0.39, 0.29) is 11.8 Å². The zero-order valence-electron chi connectivity index (χ0n) is 29.2. The lowest BCUT2D eigenvalue weighted by Gasteiger charge is -2.26. The van der Waals surface area contributed by atoms with Crippen molar-refractivity contribution in [1.82, 2.24) is 24.8 Å². The second-order valence-electron chi connectivity index (χ2n) is 12.1. The fourth-order valence-electron chi connectivity index (χ4n) is 4.65. The predicted molar refractivity (Wildman–Crippen MR) is 185 cm³/mol. The molecular weight excluding hydrogens is 582 g/mol. The molecular formula is C34H55N9O3. The van der Waals surface area contributed by atoms with Crippen LogP contribution < -0.4 is 15.5 Å². The lowest BCUT2D eigenvalue weighted by atomic mass is 10.0. The molecule has 2 saturated heterocycles. The number of carbonyl (C=O) groups is 1. The molecule has 0 bridgehead atoms. The van der Waals surface area contributed by atoms with Crippen molar-refractivity contribution < 1.29 is 14.3 Å². The highest BCUT2D eigenvalue weighted by molar-refractivity contribution is 5.74. The van der Waals surface area contributed by atoms with Crippen LogP contribution in [0.4, 0.5) is 27.8 Å². The van der Waals surface area contributed by atoms with Crippen molar-refractivity contribution in [3.05, 3.63) is 42.6 Å². The first-order valence-electron chi connectivity index (χ1n) is 16.4. The van der Waals surface area contributed by atoms with Crippen molar-refractivity contribution in [1.29, 1.82) is 5.26 Å². The van der Waals surface area contributed by atoms with Crippen LogP contribution in [0, 0.1) is 17.2 Å². The Kier molecular flexibility index (Phi) is 16.8. The average molecular weight is 638 g/mol. The van der Waals surface area contributed by atoms with Gasteiger partial charge >= 0.3 is 6.09 Å². The van der Waals surface area contributed by atoms with E-state index >= 15 is 0 Å². The monoisotopic (exact) mass is 637 g/mol. The van der Waals surface area contributed by atoms with Gasteiger partial charge in [-0.1, -0.05) is 26.8 Å². The maximum atomic E-state index is 12.5. The predicted octanol–water partition coefficient (Wildman–Crippen LogP) is 6.27. The van der Waals surface area contributed by atoms with Crippen LogP contribution in [0.3, 0.4) is 0 Å². The van der Waals surface area contributed by atoms with Gasteiger partial charge in [-0.2, -0.15) is 5.26 Å². The number of allylic oxidation sites excluding steroid dienone is 1. The van der Waals surface area contributed by atoms with Crippen LogP contribution in [0.1, 0.15) is 72.9 Å². The Morgan fingerprint density at radius 1 is 1.11 bits per heavy atom. The highest BCUT2D eigenvalue weighted by Gasteiger charge is 2.25. The standard InChI is InChI=1S/C27H38N8O2.C5H11NO.C2H6/c1-6-7-11-34(5)23-18-32-24(33-25-19-29-21(15-28)17-31-25)14-22(23)30-16-20-9-8-12-35(13-10-20)26(36)37-27(2,3)4;1-6-2-4-7-5-3-6;1-2/h7,11,14,17-20H,6,8-10,12-13,16H2,1-5H3,(H2,30,31,32,33);2-5H2,1H3;1-2H3/b11-7-;;. The first kappa shape index (κ1) is 38.2. The van der Waals surface area contributed by atoms with E-state index in [1.807, 2.05) is 76.0 Å². The molecule has 1 amide bonds. The summed E-state index contributed by atoms with van der Waals surface area (Å²) in [6.07, 6.45) is 12.5. The summed E-state index contributed by atoms with van der Waals surface area (Å²) >= 11 is 0. The minimum absolute atomic E-state index is 0.233. The Morgan fingerprint density at radius 2 is 1.83 bits per heavy atom. The smallest absolute Gasteiger partial charge is 0.410 e. The molecule has 254 valence electrons. The lowest BCUT2D eigenvalue weighted by molar-refractivity contribution is 0.0255. The molecule has 46 heavy (non-hydrogen) atoms. The van der Waals surface area contributed by atoms with Gasteiger partial charge in [-0.05, 0) is 65.6 Å². The van der Waals surface area contributed by atoms with Crippen LogP contribution in [0.25, 0.3) is 0 Å². The summed E-state index contributed by atoms with van der Waals surface area (Å²) in [6.45, 7) is 18.0. The third-order valence-corrected chi connectivity index (χ3v) is 7.17. The summed E-state index contributed by atoms with van der Waals surface area (Å²) in [4.78, 5) is 31.5.